The molecule has 0 atom stereocenters. The summed E-state index contributed by atoms with van der Waals surface area (Å²) in [5.74, 6) is 0.663. The zero-order valence-corrected chi connectivity index (χ0v) is 18.8. The van der Waals surface area contributed by atoms with Crippen LogP contribution in [0.2, 0.25) is 10.0 Å². The van der Waals surface area contributed by atoms with Crippen molar-refractivity contribution in [2.75, 3.05) is 29.6 Å². The van der Waals surface area contributed by atoms with Crippen molar-refractivity contribution in [2.24, 2.45) is 0 Å². The van der Waals surface area contributed by atoms with Crippen LogP contribution in [-0.2, 0) is 12.7 Å². The van der Waals surface area contributed by atoms with Crippen LogP contribution < -0.4 is 15.5 Å². The zero-order valence-electron chi connectivity index (χ0n) is 17.3. The van der Waals surface area contributed by atoms with Crippen LogP contribution in [0, 0.1) is 0 Å². The third-order valence-electron chi connectivity index (χ3n) is 4.57. The summed E-state index contributed by atoms with van der Waals surface area (Å²) in [4.78, 5) is 21.4. The lowest BCUT2D eigenvalue weighted by atomic mass is 10.2. The monoisotopic (exact) mass is 496 g/mol. The average Bonchev–Trinajstić information content (AvgIpc) is 3.16. The van der Waals surface area contributed by atoms with E-state index in [1.54, 1.807) is 26.4 Å². The molecule has 0 aliphatic carbocycles. The third kappa shape index (κ3) is 5.20. The number of hydrogen-bond donors (Lipinski definition) is 3. The predicted octanol–water partition coefficient (Wildman–Crippen LogP) is 5.50. The van der Waals surface area contributed by atoms with Gasteiger partial charge in [0.15, 0.2) is 0 Å². The first-order valence-corrected chi connectivity index (χ1v) is 10.3. The van der Waals surface area contributed by atoms with Gasteiger partial charge in [0, 0.05) is 26.5 Å². The molecule has 172 valence electrons. The molecule has 0 radical (unpaired) electrons. The molecule has 0 aromatic carbocycles. The Labute approximate surface area is 196 Å². The van der Waals surface area contributed by atoms with E-state index < -0.39 is 11.7 Å². The fraction of sp³-hybridized carbons (Fsp3) is 0.200. The molecule has 0 amide bonds. The number of alkyl halides is 3. The first-order chi connectivity index (χ1) is 15.6. The molecule has 0 spiro atoms. The van der Waals surface area contributed by atoms with Crippen LogP contribution in [0.1, 0.15) is 11.3 Å². The molecule has 33 heavy (non-hydrogen) atoms. The van der Waals surface area contributed by atoms with Gasteiger partial charge in [-0.3, -0.25) is 9.97 Å². The molecule has 3 N–H and O–H groups in total. The molecule has 0 aliphatic rings. The van der Waals surface area contributed by atoms with E-state index in [4.69, 9.17) is 23.2 Å². The number of halogens is 5. The molecule has 4 aromatic rings. The van der Waals surface area contributed by atoms with Gasteiger partial charge < -0.3 is 20.5 Å². The fourth-order valence-electron chi connectivity index (χ4n) is 2.94. The number of H-pyrrole nitrogens is 1. The van der Waals surface area contributed by atoms with Gasteiger partial charge in [0.25, 0.3) is 0 Å². The highest BCUT2D eigenvalue weighted by Crippen LogP contribution is 2.33. The lowest BCUT2D eigenvalue weighted by Crippen LogP contribution is -2.15. The molecule has 0 saturated carbocycles. The second-order valence-corrected chi connectivity index (χ2v) is 8.04. The Morgan fingerprint density at radius 1 is 1.03 bits per heavy atom. The van der Waals surface area contributed by atoms with Gasteiger partial charge in [0.05, 0.1) is 50.8 Å². The normalized spacial score (nSPS) is 11.6. The standard InChI is InChI=1S/C20H17Cl2F3N8/c1-33(2)17-4-10(20(23,24)25)3-16(31-17)28-6-11-5-14-15(9-27-11)30-19(29-14)32-18-12(21)7-26-8-13(18)22/h3-5,7-9H,6H2,1-2H3,(H,28,31)(H2,26,29,30,32). The van der Waals surface area contributed by atoms with Crippen molar-refractivity contribution < 1.29 is 13.2 Å². The number of anilines is 4. The smallest absolute Gasteiger partial charge is 0.364 e. The number of aromatic nitrogens is 5. The Balaban J connectivity index is 1.54. The molecule has 8 nitrogen and oxygen atoms in total. The molecule has 13 heteroatoms. The van der Waals surface area contributed by atoms with Crippen LogP contribution in [0.4, 0.5) is 36.4 Å². The Bertz CT molecular complexity index is 1290. The minimum atomic E-state index is -4.49. The minimum absolute atomic E-state index is 0.0850. The van der Waals surface area contributed by atoms with E-state index in [2.05, 4.69) is 35.6 Å². The van der Waals surface area contributed by atoms with E-state index in [9.17, 15) is 13.2 Å². The van der Waals surface area contributed by atoms with Crippen LogP contribution >= 0.6 is 23.2 Å². The van der Waals surface area contributed by atoms with Gasteiger partial charge in [-0.1, -0.05) is 23.2 Å². The number of aromatic amines is 1. The van der Waals surface area contributed by atoms with Gasteiger partial charge in [-0.05, 0) is 18.2 Å². The summed E-state index contributed by atoms with van der Waals surface area (Å²) < 4.78 is 39.7. The molecule has 4 heterocycles. The molecule has 0 saturated heterocycles. The van der Waals surface area contributed by atoms with Gasteiger partial charge in [-0.25, -0.2) is 9.97 Å². The minimum Gasteiger partial charge on any atom is -0.364 e. The number of pyridine rings is 3. The number of imidazole rings is 1. The van der Waals surface area contributed by atoms with Crippen LogP contribution in [-0.4, -0.2) is 39.0 Å². The lowest BCUT2D eigenvalue weighted by Gasteiger charge is -2.16. The summed E-state index contributed by atoms with van der Waals surface area (Å²) in [6.07, 6.45) is -0.00792. The van der Waals surface area contributed by atoms with Gasteiger partial charge in [-0.2, -0.15) is 13.2 Å². The quantitative estimate of drug-likeness (QED) is 0.324. The molecular formula is C20H17Cl2F3N8. The Hall–Kier alpha value is -3.31. The van der Waals surface area contributed by atoms with Gasteiger partial charge >= 0.3 is 6.18 Å². The van der Waals surface area contributed by atoms with Crippen LogP contribution in [0.3, 0.4) is 0 Å². The van der Waals surface area contributed by atoms with Crippen molar-refractivity contribution in [2.45, 2.75) is 12.7 Å². The van der Waals surface area contributed by atoms with Crippen molar-refractivity contribution >= 4 is 57.5 Å². The summed E-state index contributed by atoms with van der Waals surface area (Å²) >= 11 is 12.2. The molecule has 0 aliphatic heterocycles. The third-order valence-corrected chi connectivity index (χ3v) is 5.14. The van der Waals surface area contributed by atoms with E-state index in [-0.39, 0.29) is 18.2 Å². The van der Waals surface area contributed by atoms with Crippen LogP contribution in [0.15, 0.2) is 36.8 Å². The van der Waals surface area contributed by atoms with Gasteiger partial charge in [0.1, 0.15) is 11.6 Å². The van der Waals surface area contributed by atoms with Crippen LogP contribution in [0.5, 0.6) is 0 Å². The first kappa shape index (κ1) is 22.9. The molecule has 4 aromatic heterocycles. The molecule has 4 rings (SSSR count). The number of fused-ring (bicyclic) bond motifs is 1. The number of nitrogens with zero attached hydrogens (tertiary/aromatic N) is 5. The van der Waals surface area contributed by atoms with Crippen molar-refractivity contribution in [3.05, 3.63) is 58.1 Å². The first-order valence-electron chi connectivity index (χ1n) is 9.51. The second kappa shape index (κ2) is 8.91. The van der Waals surface area contributed by atoms with Crippen LogP contribution in [0.25, 0.3) is 11.0 Å². The molecule has 0 unspecified atom stereocenters. The fourth-order valence-corrected chi connectivity index (χ4v) is 3.40. The van der Waals surface area contributed by atoms with Gasteiger partial charge in [-0.15, -0.1) is 0 Å². The van der Waals surface area contributed by atoms with E-state index in [1.165, 1.54) is 17.3 Å². The number of rotatable bonds is 6. The SMILES string of the molecule is CN(C)c1cc(C(F)(F)F)cc(NCc2cc3nc(Nc4c(Cl)cncc4Cl)[nH]c3cn2)n1. The largest absolute Gasteiger partial charge is 0.416 e. The summed E-state index contributed by atoms with van der Waals surface area (Å²) in [6.45, 7) is 0.148. The molecular weight excluding hydrogens is 480 g/mol. The van der Waals surface area contributed by atoms with Crippen molar-refractivity contribution in [1.82, 2.24) is 24.9 Å². The molecule has 0 fully saturated rings. The molecule has 0 bridgehead atoms. The Morgan fingerprint density at radius 3 is 2.42 bits per heavy atom. The zero-order chi connectivity index (χ0) is 23.8. The number of nitrogens with one attached hydrogen (secondary N) is 3. The van der Waals surface area contributed by atoms with E-state index in [0.717, 1.165) is 12.1 Å². The maximum atomic E-state index is 13.2. The summed E-state index contributed by atoms with van der Waals surface area (Å²) in [5, 5.41) is 6.57. The second-order valence-electron chi connectivity index (χ2n) is 7.23. The summed E-state index contributed by atoms with van der Waals surface area (Å²) in [5.41, 5.74) is 1.47. The van der Waals surface area contributed by atoms with Crippen molar-refractivity contribution in [3.63, 3.8) is 0 Å². The lowest BCUT2D eigenvalue weighted by molar-refractivity contribution is -0.137. The highest BCUT2D eigenvalue weighted by molar-refractivity contribution is 6.39. The van der Waals surface area contributed by atoms with Crippen molar-refractivity contribution in [3.8, 4) is 0 Å². The summed E-state index contributed by atoms with van der Waals surface area (Å²) in [6, 6.07) is 3.67. The van der Waals surface area contributed by atoms with Gasteiger partial charge in [0.2, 0.25) is 5.95 Å². The average molecular weight is 497 g/mol. The number of hydrogen-bond acceptors (Lipinski definition) is 7. The topological polar surface area (TPSA) is 94.7 Å². The van der Waals surface area contributed by atoms with Crippen molar-refractivity contribution in [1.29, 1.82) is 0 Å². The maximum Gasteiger partial charge on any atom is 0.416 e. The predicted molar refractivity (Wildman–Crippen MR) is 122 cm³/mol. The van der Waals surface area contributed by atoms with E-state index >= 15 is 0 Å². The van der Waals surface area contributed by atoms with E-state index in [0.29, 0.717) is 38.4 Å². The summed E-state index contributed by atoms with van der Waals surface area (Å²) in [7, 11) is 3.24. The highest BCUT2D eigenvalue weighted by Gasteiger charge is 2.32. The maximum absolute atomic E-state index is 13.2. The van der Waals surface area contributed by atoms with E-state index in [1.807, 2.05) is 0 Å². The Kier molecular flexibility index (Phi) is 6.17. The highest BCUT2D eigenvalue weighted by atomic mass is 35.5. The Morgan fingerprint density at radius 2 is 1.76 bits per heavy atom.